The summed E-state index contributed by atoms with van der Waals surface area (Å²) in [4.78, 5) is 34.4. The summed E-state index contributed by atoms with van der Waals surface area (Å²) >= 11 is 0. The van der Waals surface area contributed by atoms with Crippen molar-refractivity contribution >= 4 is 17.9 Å². The number of ether oxygens (including phenoxy) is 2. The number of hydrogen-bond donors (Lipinski definition) is 1. The molecule has 32 heavy (non-hydrogen) atoms. The third-order valence-corrected chi connectivity index (χ3v) is 4.26. The van der Waals surface area contributed by atoms with Gasteiger partial charge < -0.3 is 14.6 Å². The zero-order valence-corrected chi connectivity index (χ0v) is 17.9. The summed E-state index contributed by atoms with van der Waals surface area (Å²) in [5.74, 6) is -1.82. The van der Waals surface area contributed by atoms with Gasteiger partial charge in [0, 0.05) is 6.42 Å². The lowest BCUT2D eigenvalue weighted by molar-refractivity contribution is -0.137. The van der Waals surface area contributed by atoms with E-state index in [-0.39, 0.29) is 24.3 Å². The third kappa shape index (κ3) is 8.44. The number of carboxylic acid groups (broad SMARTS) is 1. The number of benzene rings is 3. The van der Waals surface area contributed by atoms with E-state index in [0.717, 1.165) is 17.5 Å². The number of aliphatic carboxylic acids is 1. The molecule has 0 unspecified atom stereocenters. The molecule has 0 heterocycles. The highest BCUT2D eigenvalue weighted by Crippen LogP contribution is 2.14. The van der Waals surface area contributed by atoms with Crippen LogP contribution in [-0.4, -0.2) is 23.0 Å². The van der Waals surface area contributed by atoms with Crippen molar-refractivity contribution in [2.45, 2.75) is 33.0 Å². The molecule has 0 atom stereocenters. The molecule has 0 saturated heterocycles. The van der Waals surface area contributed by atoms with Gasteiger partial charge in [0.15, 0.2) is 0 Å². The number of esters is 2. The molecule has 0 spiro atoms. The Morgan fingerprint density at radius 2 is 1.03 bits per heavy atom. The van der Waals surface area contributed by atoms with Gasteiger partial charge in [0.1, 0.15) is 13.2 Å². The normalized spacial score (nSPS) is 9.78. The van der Waals surface area contributed by atoms with E-state index in [2.05, 4.69) is 0 Å². The molecule has 0 aliphatic rings. The molecule has 0 aromatic heterocycles. The van der Waals surface area contributed by atoms with Crippen LogP contribution in [-0.2, 0) is 27.5 Å². The molecule has 166 valence electrons. The largest absolute Gasteiger partial charge is 0.481 e. The van der Waals surface area contributed by atoms with Crippen LogP contribution in [0.2, 0.25) is 0 Å². The molecule has 0 radical (unpaired) electrons. The van der Waals surface area contributed by atoms with E-state index in [1.54, 1.807) is 24.3 Å². The number of rotatable bonds is 8. The zero-order chi connectivity index (χ0) is 23.2. The van der Waals surface area contributed by atoms with Crippen molar-refractivity contribution in [3.05, 3.63) is 107 Å². The lowest BCUT2D eigenvalue weighted by atomic mass is 10.1. The second-order valence-electron chi connectivity index (χ2n) is 6.81. The van der Waals surface area contributed by atoms with Gasteiger partial charge >= 0.3 is 17.9 Å². The van der Waals surface area contributed by atoms with Gasteiger partial charge in [-0.1, -0.05) is 79.7 Å². The van der Waals surface area contributed by atoms with Crippen LogP contribution in [0.4, 0.5) is 0 Å². The van der Waals surface area contributed by atoms with Crippen LogP contribution in [0.3, 0.4) is 0 Å². The maximum atomic E-state index is 12.4. The van der Waals surface area contributed by atoms with Crippen LogP contribution in [0.5, 0.6) is 0 Å². The second kappa shape index (κ2) is 13.4. The van der Waals surface area contributed by atoms with Crippen LogP contribution in [0.25, 0.3) is 0 Å². The Labute approximate surface area is 187 Å². The highest BCUT2D eigenvalue weighted by Gasteiger charge is 2.19. The van der Waals surface area contributed by atoms with Crippen LogP contribution in [0.15, 0.2) is 84.9 Å². The molecule has 0 aliphatic heterocycles. The topological polar surface area (TPSA) is 89.9 Å². The molecule has 6 heteroatoms. The Morgan fingerprint density at radius 1 is 0.656 bits per heavy atom. The summed E-state index contributed by atoms with van der Waals surface area (Å²) in [6.07, 6.45) is 1.02. The summed E-state index contributed by atoms with van der Waals surface area (Å²) in [6.45, 7) is 2.13. The number of carboxylic acids is 1. The first-order valence-electron chi connectivity index (χ1n) is 10.2. The Kier molecular flexibility index (Phi) is 10.2. The maximum Gasteiger partial charge on any atom is 0.339 e. The van der Waals surface area contributed by atoms with E-state index in [4.69, 9.17) is 14.6 Å². The van der Waals surface area contributed by atoms with Crippen LogP contribution in [0, 0.1) is 0 Å². The first kappa shape index (κ1) is 24.3. The fourth-order valence-corrected chi connectivity index (χ4v) is 2.65. The highest BCUT2D eigenvalue weighted by atomic mass is 16.5. The summed E-state index contributed by atoms with van der Waals surface area (Å²) in [5, 5.41) is 7.91. The minimum absolute atomic E-state index is 0.146. The van der Waals surface area contributed by atoms with E-state index < -0.39 is 17.9 Å². The number of carbonyl (C=O) groups is 3. The van der Waals surface area contributed by atoms with Crippen molar-refractivity contribution in [3.8, 4) is 0 Å². The Hall–Kier alpha value is -3.93. The fraction of sp³-hybridized carbons (Fsp3) is 0.192. The van der Waals surface area contributed by atoms with Crippen LogP contribution >= 0.6 is 0 Å². The minimum Gasteiger partial charge on any atom is -0.481 e. The third-order valence-electron chi connectivity index (χ3n) is 4.26. The molecule has 1 N–H and O–H groups in total. The molecule has 6 nitrogen and oxygen atoms in total. The maximum absolute atomic E-state index is 12.4. The molecule has 0 fully saturated rings. The van der Waals surface area contributed by atoms with E-state index in [1.807, 2.05) is 67.6 Å². The van der Waals surface area contributed by atoms with Gasteiger partial charge in [-0.25, -0.2) is 9.59 Å². The average molecular weight is 434 g/mol. The van der Waals surface area contributed by atoms with Gasteiger partial charge in [0.25, 0.3) is 0 Å². The molecule has 3 aromatic rings. The summed E-state index contributed by atoms with van der Waals surface area (Å²) in [5.41, 5.74) is 2.15. The first-order chi connectivity index (χ1) is 15.5. The van der Waals surface area contributed by atoms with E-state index >= 15 is 0 Å². The van der Waals surface area contributed by atoms with Crippen LogP contribution < -0.4 is 0 Å². The van der Waals surface area contributed by atoms with Crippen molar-refractivity contribution in [1.82, 2.24) is 0 Å². The number of hydrogen-bond acceptors (Lipinski definition) is 5. The molecular formula is C26H26O6. The van der Waals surface area contributed by atoms with Crippen LogP contribution in [0.1, 0.15) is 51.6 Å². The van der Waals surface area contributed by atoms with Gasteiger partial charge in [-0.2, -0.15) is 0 Å². The van der Waals surface area contributed by atoms with Crippen molar-refractivity contribution in [3.63, 3.8) is 0 Å². The van der Waals surface area contributed by atoms with Crippen molar-refractivity contribution < 1.29 is 29.0 Å². The quantitative estimate of drug-likeness (QED) is 0.486. The van der Waals surface area contributed by atoms with Gasteiger partial charge in [-0.15, -0.1) is 0 Å². The molecule has 0 amide bonds. The second-order valence-corrected chi connectivity index (χ2v) is 6.81. The molecule has 0 aliphatic carbocycles. The summed E-state index contributed by atoms with van der Waals surface area (Å²) in [6, 6.07) is 25.2. The standard InChI is InChI=1S/C22H18O4.C4H8O2/c23-21(25-15-17-9-3-1-4-10-17)19-13-7-8-14-20(19)22(24)26-16-18-11-5-2-6-12-18;1-2-3-4(5)6/h1-14H,15-16H2;2-3H2,1H3,(H,5,6). The molecule has 0 bridgehead atoms. The minimum atomic E-state index is -0.711. The Morgan fingerprint density at radius 3 is 1.34 bits per heavy atom. The Balaban J connectivity index is 0.000000534. The molecule has 3 rings (SSSR count). The van der Waals surface area contributed by atoms with Crippen molar-refractivity contribution in [1.29, 1.82) is 0 Å². The monoisotopic (exact) mass is 434 g/mol. The average Bonchev–Trinajstić information content (AvgIpc) is 2.82. The van der Waals surface area contributed by atoms with Gasteiger partial charge in [0.2, 0.25) is 0 Å². The van der Waals surface area contributed by atoms with Gasteiger partial charge in [-0.3, -0.25) is 4.79 Å². The predicted octanol–water partition coefficient (Wildman–Crippen LogP) is 5.27. The molecular weight excluding hydrogens is 408 g/mol. The van der Waals surface area contributed by atoms with Gasteiger partial charge in [-0.05, 0) is 29.7 Å². The smallest absolute Gasteiger partial charge is 0.339 e. The summed E-state index contributed by atoms with van der Waals surface area (Å²) < 4.78 is 10.6. The van der Waals surface area contributed by atoms with E-state index in [0.29, 0.717) is 6.42 Å². The molecule has 3 aromatic carbocycles. The number of carbonyl (C=O) groups excluding carboxylic acids is 2. The SMILES string of the molecule is CCCC(=O)O.O=C(OCc1ccccc1)c1ccccc1C(=O)OCc1ccccc1. The highest BCUT2D eigenvalue weighted by molar-refractivity contribution is 6.03. The van der Waals surface area contributed by atoms with Crippen molar-refractivity contribution in [2.24, 2.45) is 0 Å². The van der Waals surface area contributed by atoms with E-state index in [1.165, 1.54) is 0 Å². The predicted molar refractivity (Wildman–Crippen MR) is 120 cm³/mol. The lowest BCUT2D eigenvalue weighted by Crippen LogP contribution is -2.14. The van der Waals surface area contributed by atoms with Gasteiger partial charge in [0.05, 0.1) is 11.1 Å². The Bertz CT molecular complexity index is 925. The van der Waals surface area contributed by atoms with Crippen molar-refractivity contribution in [2.75, 3.05) is 0 Å². The summed E-state index contributed by atoms with van der Waals surface area (Å²) in [7, 11) is 0. The lowest BCUT2D eigenvalue weighted by Gasteiger charge is -2.10. The zero-order valence-electron chi connectivity index (χ0n) is 17.9. The fourth-order valence-electron chi connectivity index (χ4n) is 2.65. The molecule has 0 saturated carbocycles. The first-order valence-corrected chi connectivity index (χ1v) is 10.2. The van der Waals surface area contributed by atoms with E-state index in [9.17, 15) is 14.4 Å².